The molecule has 0 aliphatic rings. The molecule has 104 valence electrons. The molecular formula is C14H11Cl2NO3. The molecule has 1 aromatic carbocycles. The van der Waals surface area contributed by atoms with Gasteiger partial charge in [0.2, 0.25) is 0 Å². The fourth-order valence-electron chi connectivity index (χ4n) is 1.70. The van der Waals surface area contributed by atoms with E-state index < -0.39 is 12.1 Å². The zero-order valence-electron chi connectivity index (χ0n) is 10.3. The minimum Gasteiger partial charge on any atom is -0.485 e. The second-order valence-corrected chi connectivity index (χ2v) is 4.97. The summed E-state index contributed by atoms with van der Waals surface area (Å²) in [5, 5.41) is 9.93. The second kappa shape index (κ2) is 6.59. The van der Waals surface area contributed by atoms with Crippen LogP contribution in [0, 0.1) is 0 Å². The highest BCUT2D eigenvalue weighted by molar-refractivity contribution is 6.30. The van der Waals surface area contributed by atoms with E-state index >= 15 is 0 Å². The van der Waals surface area contributed by atoms with Crippen molar-refractivity contribution >= 4 is 29.2 Å². The summed E-state index contributed by atoms with van der Waals surface area (Å²) in [6, 6.07) is 8.40. The molecule has 2 rings (SSSR count). The van der Waals surface area contributed by atoms with Crippen LogP contribution in [0.2, 0.25) is 10.0 Å². The number of aliphatic carboxylic acids is 1. The van der Waals surface area contributed by atoms with Gasteiger partial charge in [0.1, 0.15) is 11.9 Å². The Labute approximate surface area is 125 Å². The molecule has 1 aromatic heterocycles. The van der Waals surface area contributed by atoms with Gasteiger partial charge in [0.25, 0.3) is 0 Å². The van der Waals surface area contributed by atoms with Gasteiger partial charge < -0.3 is 9.84 Å². The Kier molecular flexibility index (Phi) is 4.82. The Bertz CT molecular complexity index is 619. The van der Waals surface area contributed by atoms with Crippen LogP contribution in [0.1, 0.15) is 18.1 Å². The molecule has 1 unspecified atom stereocenters. The smallest absolute Gasteiger partial charge is 0.307 e. The average Bonchev–Trinajstić information content (AvgIpc) is 2.37. The summed E-state index contributed by atoms with van der Waals surface area (Å²) >= 11 is 11.7. The van der Waals surface area contributed by atoms with Crippen LogP contribution in [0.5, 0.6) is 5.75 Å². The van der Waals surface area contributed by atoms with E-state index in [1.807, 2.05) is 0 Å². The molecular weight excluding hydrogens is 301 g/mol. The normalized spacial score (nSPS) is 11.9. The van der Waals surface area contributed by atoms with Crippen molar-refractivity contribution in [2.75, 3.05) is 0 Å². The van der Waals surface area contributed by atoms with E-state index in [4.69, 9.17) is 33.0 Å². The number of carboxylic acids is 1. The minimum atomic E-state index is -0.975. The molecule has 1 heterocycles. The van der Waals surface area contributed by atoms with Gasteiger partial charge in [-0.2, -0.15) is 0 Å². The molecule has 0 aliphatic heterocycles. The van der Waals surface area contributed by atoms with Crippen molar-refractivity contribution in [1.29, 1.82) is 0 Å². The molecule has 0 fully saturated rings. The molecule has 20 heavy (non-hydrogen) atoms. The molecule has 0 saturated heterocycles. The number of nitrogens with zero attached hydrogens (tertiary/aromatic N) is 1. The summed E-state index contributed by atoms with van der Waals surface area (Å²) in [4.78, 5) is 14.9. The largest absolute Gasteiger partial charge is 0.485 e. The molecule has 1 N–H and O–H groups in total. The third-order valence-electron chi connectivity index (χ3n) is 2.53. The van der Waals surface area contributed by atoms with Crippen molar-refractivity contribution in [3.8, 4) is 5.75 Å². The molecule has 2 aromatic rings. The van der Waals surface area contributed by atoms with E-state index in [9.17, 15) is 4.79 Å². The van der Waals surface area contributed by atoms with Crippen molar-refractivity contribution in [2.45, 2.75) is 12.5 Å². The zero-order chi connectivity index (χ0) is 14.5. The monoisotopic (exact) mass is 311 g/mol. The number of hydrogen-bond donors (Lipinski definition) is 1. The highest BCUT2D eigenvalue weighted by Crippen LogP contribution is 2.27. The van der Waals surface area contributed by atoms with Gasteiger partial charge in [-0.1, -0.05) is 29.3 Å². The number of carbonyl (C=O) groups is 1. The number of benzene rings is 1. The van der Waals surface area contributed by atoms with E-state index in [-0.39, 0.29) is 6.42 Å². The van der Waals surface area contributed by atoms with Crippen LogP contribution in [0.3, 0.4) is 0 Å². The second-order valence-electron chi connectivity index (χ2n) is 4.10. The third kappa shape index (κ3) is 4.11. The SMILES string of the molecule is O=C(O)CC(Oc1cccc(Cl)c1)c1cncc(Cl)c1. The molecule has 1 atom stereocenters. The molecule has 6 heteroatoms. The van der Waals surface area contributed by atoms with Gasteiger partial charge in [-0.3, -0.25) is 9.78 Å². The van der Waals surface area contributed by atoms with E-state index in [2.05, 4.69) is 4.98 Å². The Morgan fingerprint density at radius 1 is 1.25 bits per heavy atom. The van der Waals surface area contributed by atoms with Crippen LogP contribution in [-0.4, -0.2) is 16.1 Å². The van der Waals surface area contributed by atoms with Crippen LogP contribution in [0.4, 0.5) is 0 Å². The van der Waals surface area contributed by atoms with Crippen molar-refractivity contribution in [2.24, 2.45) is 0 Å². The first-order valence-electron chi connectivity index (χ1n) is 5.79. The third-order valence-corrected chi connectivity index (χ3v) is 2.97. The quantitative estimate of drug-likeness (QED) is 0.907. The average molecular weight is 312 g/mol. The fraction of sp³-hybridized carbons (Fsp3) is 0.143. The van der Waals surface area contributed by atoms with E-state index in [1.54, 1.807) is 30.3 Å². The molecule has 0 saturated carbocycles. The van der Waals surface area contributed by atoms with Gasteiger partial charge in [0, 0.05) is 23.0 Å². The Hall–Kier alpha value is -1.78. The summed E-state index contributed by atoms with van der Waals surface area (Å²) in [6.07, 6.45) is 2.12. The van der Waals surface area contributed by atoms with Gasteiger partial charge >= 0.3 is 5.97 Å². The van der Waals surface area contributed by atoms with E-state index in [1.165, 1.54) is 12.4 Å². The summed E-state index contributed by atoms with van der Waals surface area (Å²) in [5.74, 6) is -0.485. The summed E-state index contributed by atoms with van der Waals surface area (Å²) in [7, 11) is 0. The lowest BCUT2D eigenvalue weighted by Gasteiger charge is -2.18. The number of rotatable bonds is 5. The lowest BCUT2D eigenvalue weighted by molar-refractivity contribution is -0.138. The Balaban J connectivity index is 2.26. The lowest BCUT2D eigenvalue weighted by atomic mass is 10.1. The number of hydrogen-bond acceptors (Lipinski definition) is 3. The highest BCUT2D eigenvalue weighted by atomic mass is 35.5. The standard InChI is InChI=1S/C14H11Cl2NO3/c15-10-2-1-3-12(5-10)20-13(6-14(18)19)9-4-11(16)8-17-7-9/h1-5,7-8,13H,6H2,(H,18,19). The van der Waals surface area contributed by atoms with E-state index in [0.717, 1.165) is 0 Å². The molecule has 0 spiro atoms. The number of pyridine rings is 1. The van der Waals surface area contributed by atoms with Crippen LogP contribution in [0.25, 0.3) is 0 Å². The van der Waals surface area contributed by atoms with Crippen molar-refractivity contribution in [1.82, 2.24) is 4.98 Å². The molecule has 0 amide bonds. The first kappa shape index (κ1) is 14.6. The molecule has 0 radical (unpaired) electrons. The van der Waals surface area contributed by atoms with Gasteiger partial charge in [0.15, 0.2) is 0 Å². The van der Waals surface area contributed by atoms with Crippen molar-refractivity contribution < 1.29 is 14.6 Å². The van der Waals surface area contributed by atoms with Crippen LogP contribution < -0.4 is 4.74 Å². The van der Waals surface area contributed by atoms with Crippen molar-refractivity contribution in [3.63, 3.8) is 0 Å². The predicted molar refractivity (Wildman–Crippen MR) is 76.3 cm³/mol. The van der Waals surface area contributed by atoms with Gasteiger partial charge in [-0.05, 0) is 24.3 Å². The van der Waals surface area contributed by atoms with E-state index in [0.29, 0.717) is 21.4 Å². The van der Waals surface area contributed by atoms with Gasteiger partial charge in [0.05, 0.1) is 11.4 Å². The lowest BCUT2D eigenvalue weighted by Crippen LogP contribution is -2.13. The Morgan fingerprint density at radius 3 is 2.70 bits per heavy atom. The van der Waals surface area contributed by atoms with Crippen molar-refractivity contribution in [3.05, 3.63) is 58.3 Å². The first-order chi connectivity index (χ1) is 9.54. The summed E-state index contributed by atoms with van der Waals surface area (Å²) in [5.41, 5.74) is 0.597. The van der Waals surface area contributed by atoms with Crippen LogP contribution in [0.15, 0.2) is 42.7 Å². The van der Waals surface area contributed by atoms with Gasteiger partial charge in [-0.15, -0.1) is 0 Å². The topological polar surface area (TPSA) is 59.4 Å². The maximum atomic E-state index is 11.0. The number of ether oxygens (including phenoxy) is 1. The maximum absolute atomic E-state index is 11.0. The first-order valence-corrected chi connectivity index (χ1v) is 6.54. The molecule has 0 bridgehead atoms. The summed E-state index contributed by atoms with van der Waals surface area (Å²) < 4.78 is 5.68. The Morgan fingerprint density at radius 2 is 2.05 bits per heavy atom. The number of aromatic nitrogens is 1. The molecule has 4 nitrogen and oxygen atoms in total. The zero-order valence-corrected chi connectivity index (χ0v) is 11.8. The highest BCUT2D eigenvalue weighted by Gasteiger charge is 2.18. The maximum Gasteiger partial charge on any atom is 0.307 e. The summed E-state index contributed by atoms with van der Waals surface area (Å²) in [6.45, 7) is 0. The number of carboxylic acid groups (broad SMARTS) is 1. The minimum absolute atomic E-state index is 0.200. The van der Waals surface area contributed by atoms with Gasteiger partial charge in [-0.25, -0.2) is 0 Å². The predicted octanol–water partition coefficient (Wildman–Crippen LogP) is 3.98. The molecule has 0 aliphatic carbocycles. The van der Waals surface area contributed by atoms with Crippen LogP contribution in [-0.2, 0) is 4.79 Å². The van der Waals surface area contributed by atoms with Crippen LogP contribution >= 0.6 is 23.2 Å². The fourth-order valence-corrected chi connectivity index (χ4v) is 2.06. The number of halogens is 2.